The Morgan fingerprint density at radius 3 is 2.29 bits per heavy atom. The zero-order valence-electron chi connectivity index (χ0n) is 19.2. The lowest BCUT2D eigenvalue weighted by Gasteiger charge is -2.16. The monoisotopic (exact) mass is 452 g/mol. The average molecular weight is 453 g/mol. The summed E-state index contributed by atoms with van der Waals surface area (Å²) in [5, 5.41) is 14.4. The minimum Gasteiger partial charge on any atom is -0.366 e. The Hall–Kier alpha value is -4.51. The summed E-state index contributed by atoms with van der Waals surface area (Å²) in [5.74, 6) is -1.45. The number of rotatable bonds is 6. The second-order valence-corrected chi connectivity index (χ2v) is 8.42. The maximum absolute atomic E-state index is 12.7. The maximum Gasteiger partial charge on any atom is 0.267 e. The number of nitrogens with zero attached hydrogens (tertiary/aromatic N) is 4. The summed E-state index contributed by atoms with van der Waals surface area (Å²) in [6.07, 6.45) is 0. The number of para-hydroxylation sites is 1. The van der Waals surface area contributed by atoms with E-state index in [0.717, 1.165) is 11.3 Å². The van der Waals surface area contributed by atoms with Crippen molar-refractivity contribution in [1.29, 1.82) is 5.26 Å². The Balaban J connectivity index is 2.02. The smallest absolute Gasteiger partial charge is 0.267 e. The van der Waals surface area contributed by atoms with Gasteiger partial charge in [-0.15, -0.1) is 0 Å². The topological polar surface area (TPSA) is 141 Å². The molecule has 4 N–H and O–H groups in total. The number of nitriles is 1. The van der Waals surface area contributed by atoms with Crippen molar-refractivity contribution >= 4 is 22.7 Å². The fourth-order valence-corrected chi connectivity index (χ4v) is 4.18. The molecule has 2 amide bonds. The number of carbonyl (C=O) groups excluding carboxylic acids is 2. The molecular formula is C26H24N6O2. The summed E-state index contributed by atoms with van der Waals surface area (Å²) in [6, 6.07) is 16.4. The van der Waals surface area contributed by atoms with Crippen LogP contribution in [-0.2, 0) is 6.54 Å². The lowest BCUT2D eigenvalue weighted by atomic mass is 9.90. The predicted octanol–water partition coefficient (Wildman–Crippen LogP) is 3.65. The highest BCUT2D eigenvalue weighted by molar-refractivity contribution is 6.15. The van der Waals surface area contributed by atoms with Gasteiger partial charge in [-0.3, -0.25) is 14.3 Å². The fourth-order valence-electron chi connectivity index (χ4n) is 4.18. The van der Waals surface area contributed by atoms with Crippen molar-refractivity contribution in [1.82, 2.24) is 14.8 Å². The molecule has 8 heteroatoms. The van der Waals surface area contributed by atoms with Crippen molar-refractivity contribution in [2.75, 3.05) is 0 Å². The second kappa shape index (κ2) is 8.79. The molecule has 0 bridgehead atoms. The normalized spacial score (nSPS) is 11.0. The van der Waals surface area contributed by atoms with Crippen LogP contribution in [0.4, 0.5) is 0 Å². The summed E-state index contributed by atoms with van der Waals surface area (Å²) in [5.41, 5.74) is 16.1. The summed E-state index contributed by atoms with van der Waals surface area (Å²) in [7, 11) is 0. The van der Waals surface area contributed by atoms with Gasteiger partial charge in [-0.25, -0.2) is 4.98 Å². The molecule has 34 heavy (non-hydrogen) atoms. The molecule has 0 fully saturated rings. The van der Waals surface area contributed by atoms with Gasteiger partial charge in [-0.2, -0.15) is 10.4 Å². The minimum absolute atomic E-state index is 0.0181. The van der Waals surface area contributed by atoms with Gasteiger partial charge < -0.3 is 11.5 Å². The first-order valence-corrected chi connectivity index (χ1v) is 10.8. The van der Waals surface area contributed by atoms with E-state index in [1.54, 1.807) is 36.4 Å². The standard InChI is InChI=1S/C26H24N6O2/c1-14(2)23-20(15(3)32(31-23)13-17-10-8-16(12-27)9-11-17)22-21(25(28)33)18-6-4-5-7-19(18)30-24(22)26(29)34/h4-11,14H,13H2,1-3H3,(H2,28,33)(H2,29,34). The van der Waals surface area contributed by atoms with Crippen LogP contribution in [0, 0.1) is 18.3 Å². The highest BCUT2D eigenvalue weighted by atomic mass is 16.1. The molecule has 4 rings (SSSR count). The van der Waals surface area contributed by atoms with E-state index in [4.69, 9.17) is 21.8 Å². The number of nitrogens with two attached hydrogens (primary N) is 2. The fraction of sp³-hybridized carbons (Fsp3) is 0.192. The van der Waals surface area contributed by atoms with Crippen molar-refractivity contribution in [3.8, 4) is 17.2 Å². The van der Waals surface area contributed by atoms with Crippen molar-refractivity contribution in [3.05, 3.63) is 82.3 Å². The molecule has 0 aliphatic heterocycles. The largest absolute Gasteiger partial charge is 0.366 e. The number of amides is 2. The second-order valence-electron chi connectivity index (χ2n) is 8.42. The quantitative estimate of drug-likeness (QED) is 0.459. The number of aromatic nitrogens is 3. The van der Waals surface area contributed by atoms with E-state index in [0.29, 0.717) is 39.8 Å². The van der Waals surface area contributed by atoms with Crippen LogP contribution in [0.5, 0.6) is 0 Å². The third-order valence-electron chi connectivity index (χ3n) is 5.82. The van der Waals surface area contributed by atoms with Gasteiger partial charge in [0.25, 0.3) is 5.91 Å². The van der Waals surface area contributed by atoms with Gasteiger partial charge in [-0.05, 0) is 36.6 Å². The highest BCUT2D eigenvalue weighted by Gasteiger charge is 2.29. The Bertz CT molecular complexity index is 1480. The molecular weight excluding hydrogens is 428 g/mol. The first kappa shape index (κ1) is 22.7. The maximum atomic E-state index is 12.7. The van der Waals surface area contributed by atoms with Crippen LogP contribution < -0.4 is 11.5 Å². The third-order valence-corrected chi connectivity index (χ3v) is 5.82. The van der Waals surface area contributed by atoms with Gasteiger partial charge in [0.15, 0.2) is 0 Å². The molecule has 0 aliphatic carbocycles. The van der Waals surface area contributed by atoms with E-state index in [1.165, 1.54) is 0 Å². The average Bonchev–Trinajstić information content (AvgIpc) is 3.13. The number of primary amides is 2. The van der Waals surface area contributed by atoms with E-state index in [1.807, 2.05) is 37.6 Å². The lowest BCUT2D eigenvalue weighted by Crippen LogP contribution is -2.21. The number of hydrogen-bond donors (Lipinski definition) is 2. The molecule has 2 heterocycles. The molecule has 0 saturated heterocycles. The summed E-state index contributed by atoms with van der Waals surface area (Å²) < 4.78 is 1.82. The lowest BCUT2D eigenvalue weighted by molar-refractivity contribution is 0.0996. The van der Waals surface area contributed by atoms with Crippen LogP contribution >= 0.6 is 0 Å². The predicted molar refractivity (Wildman–Crippen MR) is 129 cm³/mol. The molecule has 0 spiro atoms. The van der Waals surface area contributed by atoms with Crippen LogP contribution in [0.1, 0.15) is 63.1 Å². The Morgan fingerprint density at radius 2 is 1.71 bits per heavy atom. The molecule has 2 aromatic carbocycles. The molecule has 4 aromatic rings. The molecule has 170 valence electrons. The number of pyridine rings is 1. The van der Waals surface area contributed by atoms with E-state index in [2.05, 4.69) is 11.1 Å². The van der Waals surface area contributed by atoms with Crippen molar-refractivity contribution in [2.45, 2.75) is 33.2 Å². The van der Waals surface area contributed by atoms with Crippen LogP contribution in [0.2, 0.25) is 0 Å². The molecule has 0 saturated carbocycles. The molecule has 0 unspecified atom stereocenters. The van der Waals surface area contributed by atoms with Crippen LogP contribution in [0.3, 0.4) is 0 Å². The SMILES string of the molecule is Cc1c(-c2c(C(N)=O)nc3ccccc3c2C(N)=O)c(C(C)C)nn1Cc1ccc(C#N)cc1. The first-order valence-electron chi connectivity index (χ1n) is 10.8. The minimum atomic E-state index is -0.753. The van der Waals surface area contributed by atoms with Gasteiger partial charge in [-0.1, -0.05) is 44.2 Å². The highest BCUT2D eigenvalue weighted by Crippen LogP contribution is 2.38. The van der Waals surface area contributed by atoms with Gasteiger partial charge in [0, 0.05) is 22.2 Å². The molecule has 2 aromatic heterocycles. The van der Waals surface area contributed by atoms with E-state index in [9.17, 15) is 9.59 Å². The summed E-state index contributed by atoms with van der Waals surface area (Å²) in [6.45, 7) is 6.29. The molecule has 0 atom stereocenters. The van der Waals surface area contributed by atoms with Crippen molar-refractivity contribution in [2.24, 2.45) is 11.5 Å². The van der Waals surface area contributed by atoms with Gasteiger partial charge >= 0.3 is 0 Å². The third kappa shape index (κ3) is 3.88. The van der Waals surface area contributed by atoms with Crippen LogP contribution in [-0.4, -0.2) is 26.6 Å². The molecule has 0 aliphatic rings. The Kier molecular flexibility index (Phi) is 5.86. The number of hydrogen-bond acceptors (Lipinski definition) is 5. The van der Waals surface area contributed by atoms with Gasteiger partial charge in [0.05, 0.1) is 35.0 Å². The summed E-state index contributed by atoms with van der Waals surface area (Å²) >= 11 is 0. The first-order chi connectivity index (χ1) is 16.2. The Labute approximate surface area is 196 Å². The van der Waals surface area contributed by atoms with Crippen molar-refractivity contribution < 1.29 is 9.59 Å². The zero-order valence-corrected chi connectivity index (χ0v) is 19.2. The Morgan fingerprint density at radius 1 is 1.03 bits per heavy atom. The van der Waals surface area contributed by atoms with E-state index < -0.39 is 11.8 Å². The number of carbonyl (C=O) groups is 2. The number of fused-ring (bicyclic) bond motifs is 1. The molecule has 0 radical (unpaired) electrons. The van der Waals surface area contributed by atoms with Gasteiger partial charge in [0.2, 0.25) is 5.91 Å². The summed E-state index contributed by atoms with van der Waals surface area (Å²) in [4.78, 5) is 29.7. The van der Waals surface area contributed by atoms with Crippen LogP contribution in [0.25, 0.3) is 22.0 Å². The number of benzene rings is 2. The van der Waals surface area contributed by atoms with E-state index >= 15 is 0 Å². The zero-order chi connectivity index (χ0) is 24.6. The van der Waals surface area contributed by atoms with Crippen molar-refractivity contribution in [3.63, 3.8) is 0 Å². The molecule has 8 nitrogen and oxygen atoms in total. The van der Waals surface area contributed by atoms with Crippen LogP contribution in [0.15, 0.2) is 48.5 Å². The van der Waals surface area contributed by atoms with E-state index in [-0.39, 0.29) is 17.2 Å². The van der Waals surface area contributed by atoms with Gasteiger partial charge in [0.1, 0.15) is 5.69 Å².